The highest BCUT2D eigenvalue weighted by Gasteiger charge is 2.08. The highest BCUT2D eigenvalue weighted by molar-refractivity contribution is 5.85. The van der Waals surface area contributed by atoms with Crippen molar-refractivity contribution in [1.29, 1.82) is 0 Å². The lowest BCUT2D eigenvalue weighted by atomic mass is 10.1. The van der Waals surface area contributed by atoms with Crippen molar-refractivity contribution in [2.24, 2.45) is 0 Å². The van der Waals surface area contributed by atoms with Gasteiger partial charge in [-0.15, -0.1) is 0 Å². The molecule has 0 radical (unpaired) electrons. The number of aryl methyl sites for hydroxylation is 2. The van der Waals surface area contributed by atoms with E-state index in [4.69, 9.17) is 4.42 Å². The van der Waals surface area contributed by atoms with Gasteiger partial charge in [0.25, 0.3) is 0 Å². The van der Waals surface area contributed by atoms with E-state index >= 15 is 0 Å². The summed E-state index contributed by atoms with van der Waals surface area (Å²) in [5.41, 5.74) is 4.59. The zero-order valence-corrected chi connectivity index (χ0v) is 10.0. The van der Waals surface area contributed by atoms with Crippen LogP contribution in [0.15, 0.2) is 52.9 Å². The van der Waals surface area contributed by atoms with Crippen molar-refractivity contribution in [3.63, 3.8) is 0 Å². The number of hydrogen-bond donors (Lipinski definition) is 0. The van der Waals surface area contributed by atoms with E-state index in [2.05, 4.69) is 44.2 Å². The quantitative estimate of drug-likeness (QED) is 0.580. The molecule has 0 saturated heterocycles. The fourth-order valence-corrected chi connectivity index (χ4v) is 2.26. The molecule has 0 aliphatic rings. The zero-order valence-electron chi connectivity index (χ0n) is 10.0. The monoisotopic (exact) mass is 222 g/mol. The molecule has 0 fully saturated rings. The minimum atomic E-state index is 0.939. The number of hydrogen-bond acceptors (Lipinski definition) is 1. The third-order valence-electron chi connectivity index (χ3n) is 3.00. The first-order chi connectivity index (χ1) is 8.24. The van der Waals surface area contributed by atoms with Gasteiger partial charge in [0.05, 0.1) is 0 Å². The van der Waals surface area contributed by atoms with Gasteiger partial charge in [-0.3, -0.25) is 0 Å². The number of rotatable bonds is 1. The van der Waals surface area contributed by atoms with Crippen LogP contribution in [0.25, 0.3) is 22.3 Å². The van der Waals surface area contributed by atoms with Crippen molar-refractivity contribution in [1.82, 2.24) is 0 Å². The highest BCUT2D eigenvalue weighted by Crippen LogP contribution is 2.30. The summed E-state index contributed by atoms with van der Waals surface area (Å²) in [4.78, 5) is 0. The van der Waals surface area contributed by atoms with Gasteiger partial charge in [0.1, 0.15) is 11.3 Å². The van der Waals surface area contributed by atoms with Gasteiger partial charge in [-0.25, -0.2) is 0 Å². The minimum absolute atomic E-state index is 0.939. The second-order valence-corrected chi connectivity index (χ2v) is 4.48. The van der Waals surface area contributed by atoms with Crippen molar-refractivity contribution in [2.75, 3.05) is 0 Å². The highest BCUT2D eigenvalue weighted by atomic mass is 16.3. The van der Waals surface area contributed by atoms with E-state index in [-0.39, 0.29) is 0 Å². The summed E-state index contributed by atoms with van der Waals surface area (Å²) in [7, 11) is 0. The standard InChI is InChI=1S/C16H14O/c1-11-8-12(2)16-14(9-11)10-15(17-16)13-6-4-3-5-7-13/h3-10H,1-2H3. The number of furan rings is 1. The maximum absolute atomic E-state index is 5.94. The average Bonchev–Trinajstić information content (AvgIpc) is 2.74. The molecule has 17 heavy (non-hydrogen) atoms. The molecule has 2 aromatic carbocycles. The van der Waals surface area contributed by atoms with E-state index in [1.807, 2.05) is 18.2 Å². The predicted molar refractivity (Wildman–Crippen MR) is 71.1 cm³/mol. The van der Waals surface area contributed by atoms with Crippen LogP contribution in [-0.2, 0) is 0 Å². The molecule has 0 saturated carbocycles. The molecule has 0 bridgehead atoms. The first kappa shape index (κ1) is 10.2. The molecule has 3 aromatic rings. The zero-order chi connectivity index (χ0) is 11.8. The molecule has 0 aliphatic heterocycles. The van der Waals surface area contributed by atoms with Crippen molar-refractivity contribution < 1.29 is 4.42 Å². The molecule has 0 atom stereocenters. The van der Waals surface area contributed by atoms with Gasteiger partial charge < -0.3 is 4.42 Å². The second kappa shape index (κ2) is 3.77. The van der Waals surface area contributed by atoms with Crippen LogP contribution in [0.4, 0.5) is 0 Å². The molecule has 1 heterocycles. The minimum Gasteiger partial charge on any atom is -0.456 e. The van der Waals surface area contributed by atoms with Crippen molar-refractivity contribution in [3.05, 3.63) is 59.7 Å². The lowest BCUT2D eigenvalue weighted by Gasteiger charge is -1.97. The second-order valence-electron chi connectivity index (χ2n) is 4.48. The normalized spacial score (nSPS) is 10.9. The third kappa shape index (κ3) is 1.74. The average molecular weight is 222 g/mol. The Kier molecular flexibility index (Phi) is 2.25. The molecular formula is C16H14O. The molecule has 0 aliphatic carbocycles. The van der Waals surface area contributed by atoms with Gasteiger partial charge in [0.15, 0.2) is 0 Å². The summed E-state index contributed by atoms with van der Waals surface area (Å²) in [6, 6.07) is 16.6. The van der Waals surface area contributed by atoms with Gasteiger partial charge in [0.2, 0.25) is 0 Å². The molecule has 0 spiro atoms. The Morgan fingerprint density at radius 3 is 2.41 bits per heavy atom. The summed E-state index contributed by atoms with van der Waals surface area (Å²) in [5, 5.41) is 1.18. The molecule has 3 rings (SSSR count). The van der Waals surface area contributed by atoms with Gasteiger partial charge in [-0.1, -0.05) is 42.0 Å². The van der Waals surface area contributed by atoms with E-state index in [1.54, 1.807) is 0 Å². The largest absolute Gasteiger partial charge is 0.456 e. The fraction of sp³-hybridized carbons (Fsp3) is 0.125. The molecule has 84 valence electrons. The Bertz CT molecular complexity index is 663. The van der Waals surface area contributed by atoms with Crippen molar-refractivity contribution >= 4 is 11.0 Å². The van der Waals surface area contributed by atoms with E-state index in [0.717, 1.165) is 16.9 Å². The molecule has 1 nitrogen and oxygen atoms in total. The van der Waals surface area contributed by atoms with Gasteiger partial charge >= 0.3 is 0 Å². The molecular weight excluding hydrogens is 208 g/mol. The third-order valence-corrected chi connectivity index (χ3v) is 3.00. The molecule has 1 heteroatoms. The Hall–Kier alpha value is -2.02. The van der Waals surface area contributed by atoms with Crippen LogP contribution >= 0.6 is 0 Å². The van der Waals surface area contributed by atoms with Crippen LogP contribution in [0, 0.1) is 13.8 Å². The number of benzene rings is 2. The first-order valence-corrected chi connectivity index (χ1v) is 5.80. The summed E-state index contributed by atoms with van der Waals surface area (Å²) >= 11 is 0. The topological polar surface area (TPSA) is 13.1 Å². The van der Waals surface area contributed by atoms with Crippen LogP contribution in [-0.4, -0.2) is 0 Å². The van der Waals surface area contributed by atoms with Crippen LogP contribution in [0.1, 0.15) is 11.1 Å². The summed E-state index contributed by atoms with van der Waals surface area (Å²) < 4.78 is 5.94. The van der Waals surface area contributed by atoms with Gasteiger partial charge in [0, 0.05) is 10.9 Å². The Morgan fingerprint density at radius 2 is 1.65 bits per heavy atom. The molecule has 0 N–H and O–H groups in total. The van der Waals surface area contributed by atoms with E-state index in [0.29, 0.717) is 0 Å². The first-order valence-electron chi connectivity index (χ1n) is 5.80. The number of fused-ring (bicyclic) bond motifs is 1. The van der Waals surface area contributed by atoms with Crippen LogP contribution in [0.2, 0.25) is 0 Å². The SMILES string of the molecule is Cc1cc(C)c2oc(-c3ccccc3)cc2c1. The smallest absolute Gasteiger partial charge is 0.137 e. The van der Waals surface area contributed by atoms with E-state index in [9.17, 15) is 0 Å². The Labute approximate surface area is 101 Å². The summed E-state index contributed by atoms with van der Waals surface area (Å²) in [6.45, 7) is 4.20. The summed E-state index contributed by atoms with van der Waals surface area (Å²) in [5.74, 6) is 0.939. The Morgan fingerprint density at radius 1 is 0.882 bits per heavy atom. The van der Waals surface area contributed by atoms with Crippen LogP contribution in [0.5, 0.6) is 0 Å². The fourth-order valence-electron chi connectivity index (χ4n) is 2.26. The molecule has 0 unspecified atom stereocenters. The Balaban J connectivity index is 2.24. The van der Waals surface area contributed by atoms with Crippen LogP contribution < -0.4 is 0 Å². The van der Waals surface area contributed by atoms with Gasteiger partial charge in [-0.2, -0.15) is 0 Å². The van der Waals surface area contributed by atoms with E-state index < -0.39 is 0 Å². The maximum atomic E-state index is 5.94. The van der Waals surface area contributed by atoms with Crippen LogP contribution in [0.3, 0.4) is 0 Å². The van der Waals surface area contributed by atoms with Gasteiger partial charge in [-0.05, 0) is 31.5 Å². The lowest BCUT2D eigenvalue weighted by Crippen LogP contribution is -1.76. The van der Waals surface area contributed by atoms with Crippen molar-refractivity contribution in [3.8, 4) is 11.3 Å². The lowest BCUT2D eigenvalue weighted by molar-refractivity contribution is 0.629. The predicted octanol–water partition coefficient (Wildman–Crippen LogP) is 4.72. The summed E-state index contributed by atoms with van der Waals surface area (Å²) in [6.07, 6.45) is 0. The van der Waals surface area contributed by atoms with E-state index in [1.165, 1.54) is 16.5 Å². The maximum Gasteiger partial charge on any atom is 0.137 e. The van der Waals surface area contributed by atoms with Crippen molar-refractivity contribution in [2.45, 2.75) is 13.8 Å². The molecule has 0 amide bonds. The molecule has 1 aromatic heterocycles.